The van der Waals surface area contributed by atoms with Crippen molar-refractivity contribution in [1.82, 2.24) is 14.8 Å². The number of hydrogen-bond donors (Lipinski definition) is 1. The van der Waals surface area contributed by atoms with E-state index >= 15 is 0 Å². The summed E-state index contributed by atoms with van der Waals surface area (Å²) in [4.78, 5) is 15.5. The zero-order valence-electron chi connectivity index (χ0n) is 7.90. The summed E-state index contributed by atoms with van der Waals surface area (Å²) in [5.74, 6) is 0. The Morgan fingerprint density at radius 1 is 1.57 bits per heavy atom. The average Bonchev–Trinajstić information content (AvgIpc) is 2.61. The van der Waals surface area contributed by atoms with Gasteiger partial charge in [-0.25, -0.2) is 4.68 Å². The fourth-order valence-corrected chi connectivity index (χ4v) is 1.30. The summed E-state index contributed by atoms with van der Waals surface area (Å²) in [5.41, 5.74) is 1.64. The highest BCUT2D eigenvalue weighted by Crippen LogP contribution is 2.01. The maximum Gasteiger partial charge on any atom is 0.271 e. The summed E-state index contributed by atoms with van der Waals surface area (Å²) in [6, 6.07) is 5.24. The molecule has 4 nitrogen and oxygen atoms in total. The van der Waals surface area contributed by atoms with Crippen LogP contribution in [0.5, 0.6) is 0 Å². The highest BCUT2D eigenvalue weighted by Gasteiger charge is 2.02. The Labute approximate surface area is 81.2 Å². The van der Waals surface area contributed by atoms with Gasteiger partial charge in [-0.05, 0) is 18.6 Å². The molecule has 0 aliphatic heterocycles. The van der Waals surface area contributed by atoms with Crippen LogP contribution in [0.2, 0.25) is 0 Å². The van der Waals surface area contributed by atoms with Crippen LogP contribution in [-0.4, -0.2) is 14.8 Å². The number of H-pyrrole nitrogens is 1. The summed E-state index contributed by atoms with van der Waals surface area (Å²) in [7, 11) is 0. The second-order valence-corrected chi connectivity index (χ2v) is 3.02. The first-order valence-corrected chi connectivity index (χ1v) is 4.52. The number of nitrogens with one attached hydrogen (secondary N) is 1. The molecule has 72 valence electrons. The summed E-state index contributed by atoms with van der Waals surface area (Å²) in [6.07, 6.45) is 4.15. The van der Waals surface area contributed by atoms with Crippen LogP contribution in [0.1, 0.15) is 12.6 Å². The van der Waals surface area contributed by atoms with Gasteiger partial charge in [0.15, 0.2) is 0 Å². The predicted octanol–water partition coefficient (Wildman–Crippen LogP) is 1.12. The Bertz CT molecular complexity index is 470. The molecule has 0 aliphatic carbocycles. The van der Waals surface area contributed by atoms with E-state index in [4.69, 9.17) is 0 Å². The highest BCUT2D eigenvalue weighted by molar-refractivity contribution is 5.26. The van der Waals surface area contributed by atoms with Crippen molar-refractivity contribution in [2.24, 2.45) is 0 Å². The molecule has 2 heterocycles. The number of aryl methyl sites for hydroxylation is 1. The molecule has 0 saturated carbocycles. The van der Waals surface area contributed by atoms with Gasteiger partial charge < -0.3 is 0 Å². The van der Waals surface area contributed by atoms with Crippen LogP contribution < -0.4 is 5.56 Å². The van der Waals surface area contributed by atoms with E-state index in [0.29, 0.717) is 0 Å². The van der Waals surface area contributed by atoms with Gasteiger partial charge in [-0.2, -0.15) is 0 Å². The third-order valence-electron chi connectivity index (χ3n) is 2.06. The van der Waals surface area contributed by atoms with Crippen molar-refractivity contribution >= 4 is 0 Å². The molecule has 0 atom stereocenters. The topological polar surface area (TPSA) is 50.7 Å². The third kappa shape index (κ3) is 1.46. The van der Waals surface area contributed by atoms with Crippen molar-refractivity contribution in [3.05, 3.63) is 46.6 Å². The van der Waals surface area contributed by atoms with Gasteiger partial charge in [-0.3, -0.25) is 14.9 Å². The minimum absolute atomic E-state index is 0.0464. The standard InChI is InChI=1S/C10H11N3O/c1-2-8-6-10(14)13(12-8)9-4-3-5-11-7-9/h3-7,12H,2H2,1H3. The number of rotatable bonds is 2. The number of hydrogen-bond acceptors (Lipinski definition) is 2. The van der Waals surface area contributed by atoms with Gasteiger partial charge >= 0.3 is 0 Å². The molecule has 0 amide bonds. The lowest BCUT2D eigenvalue weighted by Gasteiger charge is -1.99. The van der Waals surface area contributed by atoms with Crippen LogP contribution >= 0.6 is 0 Å². The Hall–Kier alpha value is -1.84. The van der Waals surface area contributed by atoms with Gasteiger partial charge in [0.05, 0.1) is 11.9 Å². The van der Waals surface area contributed by atoms with Crippen molar-refractivity contribution in [2.75, 3.05) is 0 Å². The summed E-state index contributed by atoms with van der Waals surface area (Å²) in [5, 5.41) is 3.01. The number of pyridine rings is 1. The van der Waals surface area contributed by atoms with Crippen molar-refractivity contribution in [3.63, 3.8) is 0 Å². The molecule has 0 fully saturated rings. The molecule has 0 unspecified atom stereocenters. The van der Waals surface area contributed by atoms with E-state index in [-0.39, 0.29) is 5.56 Å². The van der Waals surface area contributed by atoms with Crippen molar-refractivity contribution in [3.8, 4) is 5.69 Å². The molecule has 2 aromatic rings. The monoisotopic (exact) mass is 189 g/mol. The minimum Gasteiger partial charge on any atom is -0.295 e. The fourth-order valence-electron chi connectivity index (χ4n) is 1.30. The fraction of sp³-hybridized carbons (Fsp3) is 0.200. The van der Waals surface area contributed by atoms with Crippen molar-refractivity contribution in [1.29, 1.82) is 0 Å². The second kappa shape index (κ2) is 3.49. The molecular formula is C10H11N3O. The summed E-state index contributed by atoms with van der Waals surface area (Å²) >= 11 is 0. The molecule has 0 radical (unpaired) electrons. The third-order valence-corrected chi connectivity index (χ3v) is 2.06. The molecule has 1 N–H and O–H groups in total. The lowest BCUT2D eigenvalue weighted by Crippen LogP contribution is -2.13. The van der Waals surface area contributed by atoms with Gasteiger partial charge in [-0.1, -0.05) is 6.92 Å². The van der Waals surface area contributed by atoms with E-state index < -0.39 is 0 Å². The Kier molecular flexibility index (Phi) is 2.18. The number of aromatic nitrogens is 3. The van der Waals surface area contributed by atoms with Gasteiger partial charge in [0, 0.05) is 18.0 Å². The van der Waals surface area contributed by atoms with E-state index in [1.54, 1.807) is 24.5 Å². The number of aromatic amines is 1. The summed E-state index contributed by atoms with van der Waals surface area (Å²) < 4.78 is 1.49. The van der Waals surface area contributed by atoms with Crippen LogP contribution in [0, 0.1) is 0 Å². The molecule has 0 bridgehead atoms. The van der Waals surface area contributed by atoms with Crippen LogP contribution in [0.4, 0.5) is 0 Å². The lowest BCUT2D eigenvalue weighted by molar-refractivity contribution is 0.815. The second-order valence-electron chi connectivity index (χ2n) is 3.02. The Morgan fingerprint density at radius 2 is 2.43 bits per heavy atom. The SMILES string of the molecule is CCc1cc(=O)n(-c2cccnc2)[nH]1. The van der Waals surface area contributed by atoms with Crippen molar-refractivity contribution < 1.29 is 0 Å². The number of nitrogens with zero attached hydrogens (tertiary/aromatic N) is 2. The van der Waals surface area contributed by atoms with E-state index in [9.17, 15) is 4.79 Å². The maximum absolute atomic E-state index is 11.5. The zero-order valence-corrected chi connectivity index (χ0v) is 7.90. The smallest absolute Gasteiger partial charge is 0.271 e. The van der Waals surface area contributed by atoms with Gasteiger partial charge in [0.2, 0.25) is 0 Å². The quantitative estimate of drug-likeness (QED) is 0.769. The Morgan fingerprint density at radius 3 is 3.00 bits per heavy atom. The molecule has 0 aliphatic rings. The van der Waals surface area contributed by atoms with E-state index in [1.165, 1.54) is 4.68 Å². The molecule has 14 heavy (non-hydrogen) atoms. The van der Waals surface area contributed by atoms with E-state index in [2.05, 4.69) is 10.1 Å². The predicted molar refractivity (Wildman–Crippen MR) is 53.6 cm³/mol. The first-order valence-electron chi connectivity index (χ1n) is 4.52. The van der Waals surface area contributed by atoms with Gasteiger partial charge in [-0.15, -0.1) is 0 Å². The molecule has 2 aromatic heterocycles. The normalized spacial score (nSPS) is 10.4. The molecule has 0 aromatic carbocycles. The first kappa shape index (κ1) is 8.74. The molecule has 0 spiro atoms. The van der Waals surface area contributed by atoms with Crippen LogP contribution in [-0.2, 0) is 6.42 Å². The lowest BCUT2D eigenvalue weighted by atomic mass is 10.3. The largest absolute Gasteiger partial charge is 0.295 e. The van der Waals surface area contributed by atoms with Crippen LogP contribution in [0.15, 0.2) is 35.4 Å². The van der Waals surface area contributed by atoms with E-state index in [0.717, 1.165) is 17.8 Å². The molecular weight excluding hydrogens is 178 g/mol. The van der Waals surface area contributed by atoms with Crippen LogP contribution in [0.3, 0.4) is 0 Å². The first-order chi connectivity index (χ1) is 6.81. The van der Waals surface area contributed by atoms with Crippen molar-refractivity contribution in [2.45, 2.75) is 13.3 Å². The summed E-state index contributed by atoms with van der Waals surface area (Å²) in [6.45, 7) is 2.00. The Balaban J connectivity index is 2.52. The van der Waals surface area contributed by atoms with E-state index in [1.807, 2.05) is 13.0 Å². The zero-order chi connectivity index (χ0) is 9.97. The highest BCUT2D eigenvalue weighted by atomic mass is 16.1. The molecule has 0 saturated heterocycles. The van der Waals surface area contributed by atoms with Gasteiger partial charge in [0.25, 0.3) is 5.56 Å². The van der Waals surface area contributed by atoms with Gasteiger partial charge in [0.1, 0.15) is 0 Å². The van der Waals surface area contributed by atoms with Crippen LogP contribution in [0.25, 0.3) is 5.69 Å². The molecule has 4 heteroatoms. The molecule has 2 rings (SSSR count). The average molecular weight is 189 g/mol. The minimum atomic E-state index is -0.0464. The maximum atomic E-state index is 11.5.